The first-order chi connectivity index (χ1) is 13.4. The maximum Gasteiger partial charge on any atom is 0.255 e. The van der Waals surface area contributed by atoms with Gasteiger partial charge < -0.3 is 10.2 Å². The fraction of sp³-hybridized carbons (Fsp3) is 0.350. The van der Waals surface area contributed by atoms with Crippen LogP contribution in [0.5, 0.6) is 0 Å². The molecule has 0 saturated carbocycles. The number of rotatable bonds is 7. The lowest BCUT2D eigenvalue weighted by Gasteiger charge is -2.22. The lowest BCUT2D eigenvalue weighted by atomic mass is 10.1. The molecule has 0 unspecified atom stereocenters. The molecular weight excluding hydrogens is 442 g/mol. The Labute approximate surface area is 174 Å². The van der Waals surface area contributed by atoms with Crippen molar-refractivity contribution in [3.63, 3.8) is 0 Å². The average molecular weight is 466 g/mol. The van der Waals surface area contributed by atoms with Gasteiger partial charge in [0.1, 0.15) is 4.90 Å². The highest BCUT2D eigenvalue weighted by Crippen LogP contribution is 2.29. The molecule has 1 saturated heterocycles. The van der Waals surface area contributed by atoms with E-state index in [9.17, 15) is 13.2 Å². The number of hydrogen-bond acceptors (Lipinski definition) is 4. The van der Waals surface area contributed by atoms with Crippen molar-refractivity contribution in [2.24, 2.45) is 0 Å². The van der Waals surface area contributed by atoms with Crippen LogP contribution >= 0.6 is 15.9 Å². The van der Waals surface area contributed by atoms with E-state index < -0.39 is 10.0 Å². The first kappa shape index (κ1) is 20.8. The topological polar surface area (TPSA) is 78.5 Å². The second kappa shape index (κ2) is 9.07. The van der Waals surface area contributed by atoms with E-state index in [2.05, 4.69) is 30.9 Å². The van der Waals surface area contributed by atoms with Crippen LogP contribution in [-0.2, 0) is 10.0 Å². The van der Waals surface area contributed by atoms with Crippen LogP contribution in [0, 0.1) is 0 Å². The Morgan fingerprint density at radius 1 is 1.14 bits per heavy atom. The summed E-state index contributed by atoms with van der Waals surface area (Å²) in [5, 5.41) is 2.81. The fourth-order valence-electron chi connectivity index (χ4n) is 3.17. The van der Waals surface area contributed by atoms with Crippen molar-refractivity contribution in [2.75, 3.05) is 29.9 Å². The molecular formula is C20H24BrN3O3S. The molecule has 2 aromatic rings. The zero-order chi connectivity index (χ0) is 20.1. The molecule has 2 N–H and O–H groups in total. The van der Waals surface area contributed by atoms with Crippen molar-refractivity contribution in [2.45, 2.75) is 31.1 Å². The van der Waals surface area contributed by atoms with Crippen molar-refractivity contribution in [3.8, 4) is 0 Å². The highest BCUT2D eigenvalue weighted by Gasteiger charge is 2.25. The molecule has 150 valence electrons. The highest BCUT2D eigenvalue weighted by atomic mass is 79.9. The maximum absolute atomic E-state index is 12.9. The van der Waals surface area contributed by atoms with Crippen LogP contribution in [0.4, 0.5) is 11.4 Å². The summed E-state index contributed by atoms with van der Waals surface area (Å²) in [5.74, 6) is -0.349. The molecule has 1 fully saturated rings. The molecule has 1 aliphatic rings. The van der Waals surface area contributed by atoms with E-state index in [1.165, 1.54) is 6.07 Å². The minimum Gasteiger partial charge on any atom is -0.370 e. The molecule has 8 heteroatoms. The number of sulfonamides is 1. The molecule has 2 aromatic carbocycles. The number of benzene rings is 2. The van der Waals surface area contributed by atoms with Gasteiger partial charge in [0, 0.05) is 35.4 Å². The minimum atomic E-state index is -3.71. The molecule has 0 bridgehead atoms. The van der Waals surface area contributed by atoms with Crippen molar-refractivity contribution in [1.82, 2.24) is 4.72 Å². The number of amides is 1. The van der Waals surface area contributed by atoms with Gasteiger partial charge in [-0.2, -0.15) is 0 Å². The van der Waals surface area contributed by atoms with Crippen LogP contribution in [0.25, 0.3) is 0 Å². The van der Waals surface area contributed by atoms with Crippen LogP contribution in [0.1, 0.15) is 36.5 Å². The van der Waals surface area contributed by atoms with Gasteiger partial charge in [-0.25, -0.2) is 13.1 Å². The third-order valence-corrected chi connectivity index (χ3v) is 6.57. The zero-order valence-electron chi connectivity index (χ0n) is 15.7. The maximum atomic E-state index is 12.9. The normalized spacial score (nSPS) is 14.3. The summed E-state index contributed by atoms with van der Waals surface area (Å²) < 4.78 is 29.2. The summed E-state index contributed by atoms with van der Waals surface area (Å²) in [5.41, 5.74) is 1.59. The van der Waals surface area contributed by atoms with Crippen LogP contribution < -0.4 is 14.9 Å². The van der Waals surface area contributed by atoms with Crippen LogP contribution in [0.2, 0.25) is 0 Å². The fourth-order valence-corrected chi connectivity index (χ4v) is 4.96. The molecule has 1 aliphatic heterocycles. The second-order valence-electron chi connectivity index (χ2n) is 6.74. The molecule has 28 heavy (non-hydrogen) atoms. The van der Waals surface area contributed by atoms with Gasteiger partial charge in [-0.3, -0.25) is 4.79 Å². The quantitative estimate of drug-likeness (QED) is 0.647. The smallest absolute Gasteiger partial charge is 0.255 e. The molecule has 0 aromatic heterocycles. The van der Waals surface area contributed by atoms with Crippen LogP contribution in [-0.4, -0.2) is 34.0 Å². The number of nitrogens with one attached hydrogen (secondary N) is 2. The Kier molecular flexibility index (Phi) is 6.74. The Morgan fingerprint density at radius 3 is 2.57 bits per heavy atom. The average Bonchev–Trinajstić information content (AvgIpc) is 3.20. The highest BCUT2D eigenvalue weighted by molar-refractivity contribution is 9.10. The first-order valence-electron chi connectivity index (χ1n) is 9.36. The lowest BCUT2D eigenvalue weighted by Crippen LogP contribution is -2.28. The van der Waals surface area contributed by atoms with Gasteiger partial charge >= 0.3 is 0 Å². The summed E-state index contributed by atoms with van der Waals surface area (Å²) in [6.07, 6.45) is 2.77. The number of hydrogen-bond donors (Lipinski definition) is 2. The van der Waals surface area contributed by atoms with E-state index >= 15 is 0 Å². The van der Waals surface area contributed by atoms with Gasteiger partial charge in [-0.1, -0.05) is 28.9 Å². The summed E-state index contributed by atoms with van der Waals surface area (Å²) in [6.45, 7) is 3.90. The third kappa shape index (κ3) is 4.92. The van der Waals surface area contributed by atoms with Gasteiger partial charge in [-0.15, -0.1) is 0 Å². The Bertz CT molecular complexity index is 957. The molecule has 0 atom stereocenters. The van der Waals surface area contributed by atoms with Crippen LogP contribution in [0.3, 0.4) is 0 Å². The largest absolute Gasteiger partial charge is 0.370 e. The van der Waals surface area contributed by atoms with Crippen molar-refractivity contribution in [1.29, 1.82) is 0 Å². The molecule has 0 spiro atoms. The van der Waals surface area contributed by atoms with Crippen molar-refractivity contribution in [3.05, 3.63) is 52.5 Å². The van der Waals surface area contributed by atoms with E-state index in [0.29, 0.717) is 29.9 Å². The van der Waals surface area contributed by atoms with Gasteiger partial charge in [-0.05, 0) is 55.7 Å². The first-order valence-corrected chi connectivity index (χ1v) is 11.6. The molecule has 0 radical (unpaired) electrons. The molecule has 0 aliphatic carbocycles. The number of halogens is 1. The second-order valence-corrected chi connectivity index (χ2v) is 9.39. The van der Waals surface area contributed by atoms with E-state index in [4.69, 9.17) is 0 Å². The van der Waals surface area contributed by atoms with Crippen molar-refractivity contribution >= 4 is 43.2 Å². The summed E-state index contributed by atoms with van der Waals surface area (Å²) in [6, 6.07) is 12.1. The van der Waals surface area contributed by atoms with Crippen LogP contribution in [0.15, 0.2) is 51.8 Å². The molecule has 1 heterocycles. The number of carbonyl (C=O) groups is 1. The minimum absolute atomic E-state index is 0.157. The lowest BCUT2D eigenvalue weighted by molar-refractivity contribution is 0.102. The SMILES string of the molecule is CCCNS(=O)(=O)c1cc(C(=O)Nc2cccc(Br)c2)ccc1N1CCCC1. The van der Waals surface area contributed by atoms with Crippen molar-refractivity contribution < 1.29 is 13.2 Å². The zero-order valence-corrected chi connectivity index (χ0v) is 18.1. The summed E-state index contributed by atoms with van der Waals surface area (Å²) >= 11 is 3.37. The molecule has 6 nitrogen and oxygen atoms in total. The predicted octanol–water partition coefficient (Wildman–Crippen LogP) is 3.99. The van der Waals surface area contributed by atoms with Gasteiger partial charge in [0.15, 0.2) is 0 Å². The molecule has 3 rings (SSSR count). The predicted molar refractivity (Wildman–Crippen MR) is 115 cm³/mol. The van der Waals surface area contributed by atoms with E-state index in [1.807, 2.05) is 19.1 Å². The summed E-state index contributed by atoms with van der Waals surface area (Å²) in [7, 11) is -3.71. The van der Waals surface area contributed by atoms with E-state index in [-0.39, 0.29) is 10.8 Å². The Morgan fingerprint density at radius 2 is 1.89 bits per heavy atom. The van der Waals surface area contributed by atoms with Gasteiger partial charge in [0.05, 0.1) is 5.69 Å². The molecule has 1 amide bonds. The Balaban J connectivity index is 1.94. The van der Waals surface area contributed by atoms with E-state index in [1.54, 1.807) is 24.3 Å². The van der Waals surface area contributed by atoms with Gasteiger partial charge in [0.2, 0.25) is 10.0 Å². The van der Waals surface area contributed by atoms with E-state index in [0.717, 1.165) is 30.4 Å². The Hall–Kier alpha value is -1.90. The number of nitrogens with zero attached hydrogens (tertiary/aromatic N) is 1. The number of carbonyl (C=O) groups excluding carboxylic acids is 1. The number of anilines is 2. The standard InChI is InChI=1S/C20H24BrN3O3S/c1-2-10-22-28(26,27)19-13-15(8-9-18(19)24-11-3-4-12-24)20(25)23-17-7-5-6-16(21)14-17/h5-9,13-14,22H,2-4,10-12H2,1H3,(H,23,25). The van der Waals surface area contributed by atoms with Gasteiger partial charge in [0.25, 0.3) is 5.91 Å². The third-order valence-electron chi connectivity index (χ3n) is 4.58. The summed E-state index contributed by atoms with van der Waals surface area (Å²) in [4.78, 5) is 14.9. The monoisotopic (exact) mass is 465 g/mol.